The van der Waals surface area contributed by atoms with Gasteiger partial charge < -0.3 is 10.4 Å². The van der Waals surface area contributed by atoms with Crippen molar-refractivity contribution in [1.29, 1.82) is 0 Å². The highest BCUT2D eigenvalue weighted by atomic mass is 16.4. The SMILES string of the molecule is CNc1ccc(-c2nc3ccnc(C#CC(C)(C)C(=O)O)c3cc2-c2ccccc2)cc1. The first-order valence-electron chi connectivity index (χ1n) is 10.3. The van der Waals surface area contributed by atoms with Crippen LogP contribution in [0.1, 0.15) is 19.5 Å². The predicted molar refractivity (Wildman–Crippen MR) is 128 cm³/mol. The summed E-state index contributed by atoms with van der Waals surface area (Å²) in [6.45, 7) is 3.15. The molecule has 2 aromatic carbocycles. The number of anilines is 1. The van der Waals surface area contributed by atoms with E-state index in [0.717, 1.165) is 39.0 Å². The number of benzene rings is 2. The number of nitrogens with one attached hydrogen (secondary N) is 1. The van der Waals surface area contributed by atoms with Crippen molar-refractivity contribution in [2.45, 2.75) is 13.8 Å². The Hall–Kier alpha value is -4.17. The maximum Gasteiger partial charge on any atom is 0.321 e. The lowest BCUT2D eigenvalue weighted by Crippen LogP contribution is -2.21. The van der Waals surface area contributed by atoms with Gasteiger partial charge in [-0.2, -0.15) is 0 Å². The van der Waals surface area contributed by atoms with Gasteiger partial charge in [0.1, 0.15) is 11.1 Å². The third-order valence-corrected chi connectivity index (χ3v) is 5.30. The molecule has 0 aliphatic rings. The number of hydrogen-bond acceptors (Lipinski definition) is 4. The molecule has 0 spiro atoms. The number of hydrogen-bond donors (Lipinski definition) is 2. The van der Waals surface area contributed by atoms with Gasteiger partial charge in [-0.3, -0.25) is 4.79 Å². The standard InChI is InChI=1S/C27H23N3O2/c1-27(2,26(31)32)15-13-23-22-17-21(18-7-5-4-6-8-18)25(30-24(22)14-16-29-23)19-9-11-20(28-3)12-10-19/h4-12,14,16-17,28H,1-3H3,(H,31,32). The number of carboxylic acid groups (broad SMARTS) is 1. The second-order valence-corrected chi connectivity index (χ2v) is 7.98. The Morgan fingerprint density at radius 3 is 2.38 bits per heavy atom. The summed E-state index contributed by atoms with van der Waals surface area (Å²) in [4.78, 5) is 20.8. The molecule has 5 heteroatoms. The van der Waals surface area contributed by atoms with Gasteiger partial charge in [-0.25, -0.2) is 9.97 Å². The Morgan fingerprint density at radius 1 is 1.00 bits per heavy atom. The lowest BCUT2D eigenvalue weighted by atomic mass is 9.94. The van der Waals surface area contributed by atoms with Gasteiger partial charge in [0.15, 0.2) is 0 Å². The van der Waals surface area contributed by atoms with Crippen LogP contribution in [0.25, 0.3) is 33.3 Å². The minimum absolute atomic E-state index is 0.513. The number of pyridine rings is 2. The molecule has 4 aromatic rings. The topological polar surface area (TPSA) is 75.1 Å². The number of aliphatic carboxylic acids is 1. The van der Waals surface area contributed by atoms with Crippen LogP contribution in [0.2, 0.25) is 0 Å². The molecule has 0 bridgehead atoms. The van der Waals surface area contributed by atoms with Crippen LogP contribution in [0.4, 0.5) is 5.69 Å². The average Bonchev–Trinajstić information content (AvgIpc) is 2.82. The Balaban J connectivity index is 1.95. The van der Waals surface area contributed by atoms with Gasteiger partial charge in [-0.05, 0) is 49.6 Å². The molecule has 2 N–H and O–H groups in total. The molecule has 2 heterocycles. The van der Waals surface area contributed by atoms with Crippen molar-refractivity contribution >= 4 is 22.6 Å². The van der Waals surface area contributed by atoms with Crippen LogP contribution in [0.5, 0.6) is 0 Å². The molecular weight excluding hydrogens is 398 g/mol. The van der Waals surface area contributed by atoms with Crippen molar-refractivity contribution < 1.29 is 9.90 Å². The zero-order chi connectivity index (χ0) is 22.7. The van der Waals surface area contributed by atoms with Gasteiger partial charge in [0, 0.05) is 35.4 Å². The molecule has 0 atom stereocenters. The fourth-order valence-corrected chi connectivity index (χ4v) is 3.32. The molecule has 0 aliphatic carbocycles. The van der Waals surface area contributed by atoms with E-state index in [1.165, 1.54) is 0 Å². The summed E-state index contributed by atoms with van der Waals surface area (Å²) in [5, 5.41) is 13.3. The molecule has 2 aromatic heterocycles. The van der Waals surface area contributed by atoms with E-state index in [2.05, 4.69) is 22.1 Å². The molecular formula is C27H23N3O2. The van der Waals surface area contributed by atoms with Gasteiger partial charge in [0.2, 0.25) is 0 Å². The molecule has 0 unspecified atom stereocenters. The van der Waals surface area contributed by atoms with Crippen LogP contribution in [-0.2, 0) is 4.79 Å². The molecule has 0 radical (unpaired) electrons. The normalized spacial score (nSPS) is 11.0. The zero-order valence-electron chi connectivity index (χ0n) is 18.2. The first-order valence-corrected chi connectivity index (χ1v) is 10.3. The van der Waals surface area contributed by atoms with Gasteiger partial charge >= 0.3 is 5.97 Å². The fourth-order valence-electron chi connectivity index (χ4n) is 3.32. The predicted octanol–water partition coefficient (Wildman–Crippen LogP) is 5.47. The first kappa shape index (κ1) is 21.1. The summed E-state index contributed by atoms with van der Waals surface area (Å²) in [6, 6.07) is 22.1. The number of carboxylic acids is 1. The van der Waals surface area contributed by atoms with Crippen LogP contribution in [-0.4, -0.2) is 28.1 Å². The van der Waals surface area contributed by atoms with E-state index in [9.17, 15) is 9.90 Å². The number of nitrogens with zero attached hydrogens (tertiary/aromatic N) is 2. The van der Waals surface area contributed by atoms with Crippen molar-refractivity contribution in [1.82, 2.24) is 9.97 Å². The van der Waals surface area contributed by atoms with E-state index < -0.39 is 11.4 Å². The molecule has 32 heavy (non-hydrogen) atoms. The number of carbonyl (C=O) groups is 1. The average molecular weight is 422 g/mol. The van der Waals surface area contributed by atoms with Crippen molar-refractivity contribution in [3.63, 3.8) is 0 Å². The van der Waals surface area contributed by atoms with Crippen molar-refractivity contribution in [2.75, 3.05) is 12.4 Å². The summed E-state index contributed by atoms with van der Waals surface area (Å²) < 4.78 is 0. The molecule has 0 saturated carbocycles. The fraction of sp³-hybridized carbons (Fsp3) is 0.148. The molecule has 0 amide bonds. The van der Waals surface area contributed by atoms with E-state index in [-0.39, 0.29) is 0 Å². The van der Waals surface area contributed by atoms with Crippen molar-refractivity contribution in [3.8, 4) is 34.2 Å². The Kier molecular flexibility index (Phi) is 5.61. The first-order chi connectivity index (χ1) is 15.4. The van der Waals surface area contributed by atoms with Crippen molar-refractivity contribution in [2.24, 2.45) is 5.41 Å². The summed E-state index contributed by atoms with van der Waals surface area (Å²) in [7, 11) is 1.89. The largest absolute Gasteiger partial charge is 0.480 e. The highest BCUT2D eigenvalue weighted by molar-refractivity contribution is 5.94. The summed E-state index contributed by atoms with van der Waals surface area (Å²) in [6.07, 6.45) is 1.66. The van der Waals surface area contributed by atoms with Crippen LogP contribution < -0.4 is 5.32 Å². The lowest BCUT2D eigenvalue weighted by Gasteiger charge is -2.13. The number of fused-ring (bicyclic) bond motifs is 1. The smallest absolute Gasteiger partial charge is 0.321 e. The molecule has 5 nitrogen and oxygen atoms in total. The van der Waals surface area contributed by atoms with E-state index in [1.54, 1.807) is 20.0 Å². The molecule has 0 aliphatic heterocycles. The molecule has 158 valence electrons. The molecule has 0 fully saturated rings. The Morgan fingerprint density at radius 2 is 1.72 bits per heavy atom. The molecule has 4 rings (SSSR count). The number of aromatic nitrogens is 2. The monoisotopic (exact) mass is 421 g/mol. The van der Waals surface area contributed by atoms with Crippen LogP contribution in [0.3, 0.4) is 0 Å². The van der Waals surface area contributed by atoms with E-state index in [4.69, 9.17) is 4.98 Å². The maximum absolute atomic E-state index is 11.5. The van der Waals surface area contributed by atoms with Gasteiger partial charge in [0.25, 0.3) is 0 Å². The van der Waals surface area contributed by atoms with Gasteiger partial charge in [0.05, 0.1) is 11.2 Å². The Labute approximate surface area is 187 Å². The second kappa shape index (κ2) is 8.52. The highest BCUT2D eigenvalue weighted by Gasteiger charge is 2.24. The quantitative estimate of drug-likeness (QED) is 0.428. The van der Waals surface area contributed by atoms with Crippen LogP contribution >= 0.6 is 0 Å². The summed E-state index contributed by atoms with van der Waals surface area (Å²) >= 11 is 0. The maximum atomic E-state index is 11.5. The third-order valence-electron chi connectivity index (χ3n) is 5.30. The highest BCUT2D eigenvalue weighted by Crippen LogP contribution is 2.34. The van der Waals surface area contributed by atoms with E-state index >= 15 is 0 Å². The minimum Gasteiger partial charge on any atom is -0.480 e. The summed E-state index contributed by atoms with van der Waals surface area (Å²) in [5.41, 5.74) is 4.98. The van der Waals surface area contributed by atoms with Gasteiger partial charge in [-0.15, -0.1) is 0 Å². The van der Waals surface area contributed by atoms with E-state index in [1.807, 2.05) is 73.8 Å². The lowest BCUT2D eigenvalue weighted by molar-refractivity contribution is -0.143. The zero-order valence-corrected chi connectivity index (χ0v) is 18.2. The minimum atomic E-state index is -1.17. The summed E-state index contributed by atoms with van der Waals surface area (Å²) in [5.74, 6) is 4.84. The third kappa shape index (κ3) is 4.17. The van der Waals surface area contributed by atoms with E-state index in [0.29, 0.717) is 5.69 Å². The number of rotatable bonds is 4. The van der Waals surface area contributed by atoms with Crippen LogP contribution in [0.15, 0.2) is 72.9 Å². The second-order valence-electron chi connectivity index (χ2n) is 7.98. The Bertz CT molecular complexity index is 1350. The van der Waals surface area contributed by atoms with Gasteiger partial charge in [-0.1, -0.05) is 48.4 Å². The van der Waals surface area contributed by atoms with Crippen LogP contribution in [0, 0.1) is 17.3 Å². The van der Waals surface area contributed by atoms with Crippen molar-refractivity contribution in [3.05, 3.63) is 78.6 Å². The molecule has 0 saturated heterocycles.